The van der Waals surface area contributed by atoms with Gasteiger partial charge in [-0.15, -0.1) is 24.0 Å². The predicted molar refractivity (Wildman–Crippen MR) is 107 cm³/mol. The van der Waals surface area contributed by atoms with Gasteiger partial charge in [0.1, 0.15) is 5.82 Å². The lowest BCUT2D eigenvalue weighted by molar-refractivity contribution is 0.807. The summed E-state index contributed by atoms with van der Waals surface area (Å²) in [5, 5.41) is 6.62. The van der Waals surface area contributed by atoms with Crippen molar-refractivity contribution in [3.05, 3.63) is 59.8 Å². The molecule has 0 aliphatic rings. The first-order chi connectivity index (χ1) is 10.7. The number of halogens is 1. The van der Waals surface area contributed by atoms with Gasteiger partial charge in [0.05, 0.1) is 0 Å². The smallest absolute Gasteiger partial charge is 0.191 e. The monoisotopic (exact) mass is 425 g/mol. The van der Waals surface area contributed by atoms with Crippen LogP contribution in [0.1, 0.15) is 11.1 Å². The first-order valence-corrected chi connectivity index (χ1v) is 7.29. The number of aliphatic imine (C=N–C) groups is 1. The molecule has 1 aromatic heterocycles. The van der Waals surface area contributed by atoms with Crippen molar-refractivity contribution in [2.75, 3.05) is 26.0 Å². The van der Waals surface area contributed by atoms with Gasteiger partial charge in [-0.3, -0.25) is 4.99 Å². The van der Waals surface area contributed by atoms with Gasteiger partial charge in [-0.05, 0) is 23.3 Å². The van der Waals surface area contributed by atoms with Crippen LogP contribution in [0.5, 0.6) is 0 Å². The second-order valence-corrected chi connectivity index (χ2v) is 5.18. The summed E-state index contributed by atoms with van der Waals surface area (Å²) in [6.45, 7) is 1.46. The van der Waals surface area contributed by atoms with Crippen molar-refractivity contribution in [3.63, 3.8) is 0 Å². The van der Waals surface area contributed by atoms with Crippen molar-refractivity contribution < 1.29 is 0 Å². The quantitative estimate of drug-likeness (QED) is 0.440. The van der Waals surface area contributed by atoms with Crippen LogP contribution in [0.2, 0.25) is 0 Å². The van der Waals surface area contributed by atoms with E-state index in [1.807, 2.05) is 49.5 Å². The van der Waals surface area contributed by atoms with Crippen LogP contribution in [0.15, 0.2) is 53.7 Å². The second-order valence-electron chi connectivity index (χ2n) is 5.18. The summed E-state index contributed by atoms with van der Waals surface area (Å²) in [6.07, 6.45) is 1.83. The zero-order chi connectivity index (χ0) is 15.8. The van der Waals surface area contributed by atoms with Crippen LogP contribution in [0, 0.1) is 0 Å². The summed E-state index contributed by atoms with van der Waals surface area (Å²) in [5.74, 6) is 1.73. The Labute approximate surface area is 155 Å². The zero-order valence-corrected chi connectivity index (χ0v) is 16.1. The highest BCUT2D eigenvalue weighted by atomic mass is 127. The van der Waals surface area contributed by atoms with Crippen LogP contribution >= 0.6 is 24.0 Å². The van der Waals surface area contributed by atoms with E-state index in [9.17, 15) is 0 Å². The molecule has 5 nitrogen and oxygen atoms in total. The van der Waals surface area contributed by atoms with Crippen molar-refractivity contribution in [2.45, 2.75) is 13.1 Å². The topological polar surface area (TPSA) is 52.6 Å². The minimum atomic E-state index is 0. The Morgan fingerprint density at radius 3 is 2.30 bits per heavy atom. The fourth-order valence-corrected chi connectivity index (χ4v) is 2.00. The molecule has 0 radical (unpaired) electrons. The minimum Gasteiger partial charge on any atom is -0.363 e. The molecule has 124 valence electrons. The molecule has 2 N–H and O–H groups in total. The molecule has 0 saturated carbocycles. The van der Waals surface area contributed by atoms with Crippen LogP contribution in [0.4, 0.5) is 5.82 Å². The molecule has 0 fully saturated rings. The van der Waals surface area contributed by atoms with Gasteiger partial charge >= 0.3 is 0 Å². The molecule has 0 spiro atoms. The van der Waals surface area contributed by atoms with Crippen molar-refractivity contribution >= 4 is 35.8 Å². The maximum absolute atomic E-state index is 4.31. The van der Waals surface area contributed by atoms with Gasteiger partial charge in [0.25, 0.3) is 0 Å². The number of hydrogen-bond acceptors (Lipinski definition) is 3. The van der Waals surface area contributed by atoms with E-state index in [0.717, 1.165) is 18.3 Å². The standard InChI is InChI=1S/C17H23N5.HI/c1-18-17(20-12-14-7-5-4-6-8-14)21-13-15-9-10-19-16(11-15)22(2)3;/h4-11H,12-13H2,1-3H3,(H2,18,20,21);1H. The average Bonchev–Trinajstić information content (AvgIpc) is 2.56. The van der Waals surface area contributed by atoms with E-state index in [2.05, 4.69) is 38.8 Å². The number of nitrogens with one attached hydrogen (secondary N) is 2. The lowest BCUT2D eigenvalue weighted by Gasteiger charge is -2.14. The number of guanidine groups is 1. The minimum absolute atomic E-state index is 0. The third kappa shape index (κ3) is 6.43. The Kier molecular flexibility index (Phi) is 8.39. The highest BCUT2D eigenvalue weighted by molar-refractivity contribution is 14.0. The maximum Gasteiger partial charge on any atom is 0.191 e. The van der Waals surface area contributed by atoms with E-state index in [0.29, 0.717) is 6.54 Å². The van der Waals surface area contributed by atoms with E-state index in [4.69, 9.17) is 0 Å². The Bertz CT molecular complexity index is 613. The summed E-state index contributed by atoms with van der Waals surface area (Å²) in [5.41, 5.74) is 2.39. The van der Waals surface area contributed by atoms with E-state index in [1.54, 1.807) is 7.05 Å². The Hall–Kier alpha value is -1.83. The van der Waals surface area contributed by atoms with Crippen molar-refractivity contribution in [1.29, 1.82) is 0 Å². The number of benzene rings is 1. The lowest BCUT2D eigenvalue weighted by atomic mass is 10.2. The summed E-state index contributed by atoms with van der Waals surface area (Å²) < 4.78 is 0. The molecule has 0 aliphatic heterocycles. The van der Waals surface area contributed by atoms with Crippen LogP contribution in [-0.2, 0) is 13.1 Å². The largest absolute Gasteiger partial charge is 0.363 e. The van der Waals surface area contributed by atoms with Gasteiger partial charge in [-0.2, -0.15) is 0 Å². The molecule has 1 heterocycles. The van der Waals surface area contributed by atoms with Crippen LogP contribution in [0.25, 0.3) is 0 Å². The molecule has 0 saturated heterocycles. The number of rotatable bonds is 5. The van der Waals surface area contributed by atoms with Gasteiger partial charge in [-0.1, -0.05) is 30.3 Å². The van der Waals surface area contributed by atoms with Gasteiger partial charge < -0.3 is 15.5 Å². The fraction of sp³-hybridized carbons (Fsp3) is 0.294. The number of pyridine rings is 1. The van der Waals surface area contributed by atoms with Gasteiger partial charge in [0.15, 0.2) is 5.96 Å². The second kappa shape index (κ2) is 10.0. The summed E-state index contributed by atoms with van der Waals surface area (Å²) in [4.78, 5) is 10.6. The highest BCUT2D eigenvalue weighted by Gasteiger charge is 2.01. The molecule has 0 amide bonds. The van der Waals surface area contributed by atoms with E-state index in [-0.39, 0.29) is 24.0 Å². The van der Waals surface area contributed by atoms with Crippen LogP contribution < -0.4 is 15.5 Å². The number of aromatic nitrogens is 1. The van der Waals surface area contributed by atoms with Crippen molar-refractivity contribution in [2.24, 2.45) is 4.99 Å². The Morgan fingerprint density at radius 1 is 1.04 bits per heavy atom. The van der Waals surface area contributed by atoms with Gasteiger partial charge in [-0.25, -0.2) is 4.98 Å². The normalized spacial score (nSPS) is 10.7. The number of hydrogen-bond donors (Lipinski definition) is 2. The summed E-state index contributed by atoms with van der Waals surface area (Å²) in [6, 6.07) is 14.3. The van der Waals surface area contributed by atoms with Crippen molar-refractivity contribution in [3.8, 4) is 0 Å². The molecule has 6 heteroatoms. The zero-order valence-electron chi connectivity index (χ0n) is 13.8. The van der Waals surface area contributed by atoms with Crippen molar-refractivity contribution in [1.82, 2.24) is 15.6 Å². The van der Waals surface area contributed by atoms with Crippen LogP contribution in [0.3, 0.4) is 0 Å². The van der Waals surface area contributed by atoms with Gasteiger partial charge in [0, 0.05) is 40.4 Å². The fourth-order valence-electron chi connectivity index (χ4n) is 2.00. The van der Waals surface area contributed by atoms with Crippen LogP contribution in [-0.4, -0.2) is 32.1 Å². The first kappa shape index (κ1) is 19.2. The van der Waals surface area contributed by atoms with Gasteiger partial charge in [0.2, 0.25) is 0 Å². The molecule has 0 unspecified atom stereocenters. The average molecular weight is 425 g/mol. The van der Waals surface area contributed by atoms with E-state index < -0.39 is 0 Å². The third-order valence-corrected chi connectivity index (χ3v) is 3.25. The van der Waals surface area contributed by atoms with E-state index in [1.165, 1.54) is 11.1 Å². The molecule has 2 aromatic rings. The molecule has 23 heavy (non-hydrogen) atoms. The SMILES string of the molecule is CN=C(NCc1ccccc1)NCc1ccnc(N(C)C)c1.I. The summed E-state index contributed by atoms with van der Waals surface area (Å²) >= 11 is 0. The molecule has 0 aliphatic carbocycles. The highest BCUT2D eigenvalue weighted by Crippen LogP contribution is 2.09. The predicted octanol–water partition coefficient (Wildman–Crippen LogP) is 2.63. The molecule has 1 aromatic carbocycles. The Morgan fingerprint density at radius 2 is 1.70 bits per heavy atom. The molecule has 0 atom stereocenters. The molecular weight excluding hydrogens is 401 g/mol. The molecule has 0 bridgehead atoms. The first-order valence-electron chi connectivity index (χ1n) is 7.29. The third-order valence-electron chi connectivity index (χ3n) is 3.25. The number of nitrogens with zero attached hydrogens (tertiary/aromatic N) is 3. The Balaban J connectivity index is 0.00000264. The summed E-state index contributed by atoms with van der Waals surface area (Å²) in [7, 11) is 5.75. The molecular formula is C17H24IN5. The maximum atomic E-state index is 4.31. The lowest BCUT2D eigenvalue weighted by Crippen LogP contribution is -2.36. The number of anilines is 1. The van der Waals surface area contributed by atoms with E-state index >= 15 is 0 Å². The molecule has 2 rings (SSSR count).